The summed E-state index contributed by atoms with van der Waals surface area (Å²) in [5.41, 5.74) is 1.77. The summed E-state index contributed by atoms with van der Waals surface area (Å²) >= 11 is 17.2. The molecule has 0 unspecified atom stereocenters. The lowest BCUT2D eigenvalue weighted by atomic mass is 9.95. The SMILES string of the molecule is COc1ccc2cc(/C=C3\CCCN3C(=O)OCC(Cl)(Cl)Cl)c3cc(OC)c(OC)cc3c2c1. The molecule has 34 heavy (non-hydrogen) atoms. The molecule has 0 atom stereocenters. The molecule has 1 saturated heterocycles. The second kappa shape index (κ2) is 9.98. The van der Waals surface area contributed by atoms with Crippen LogP contribution in [0.5, 0.6) is 17.2 Å². The summed E-state index contributed by atoms with van der Waals surface area (Å²) in [5.74, 6) is 2.00. The number of nitrogens with zero attached hydrogens (tertiary/aromatic N) is 1. The van der Waals surface area contributed by atoms with E-state index in [1.54, 1.807) is 26.2 Å². The molecular formula is C25H24Cl3NO5. The molecular weight excluding hydrogens is 501 g/mol. The van der Waals surface area contributed by atoms with Gasteiger partial charge < -0.3 is 18.9 Å². The number of amides is 1. The topological polar surface area (TPSA) is 57.2 Å². The minimum absolute atomic E-state index is 0.321. The van der Waals surface area contributed by atoms with Crippen LogP contribution in [0.1, 0.15) is 18.4 Å². The summed E-state index contributed by atoms with van der Waals surface area (Å²) in [6.45, 7) is 0.211. The Labute approximate surface area is 212 Å². The van der Waals surface area contributed by atoms with Crippen LogP contribution in [0, 0.1) is 0 Å². The second-order valence-electron chi connectivity index (χ2n) is 7.87. The minimum atomic E-state index is -1.66. The first-order valence-corrected chi connectivity index (χ1v) is 11.8. The van der Waals surface area contributed by atoms with Gasteiger partial charge in [-0.3, -0.25) is 4.90 Å². The molecule has 1 fully saturated rings. The summed E-state index contributed by atoms with van der Waals surface area (Å²) < 4.78 is 20.1. The molecule has 6 nitrogen and oxygen atoms in total. The highest BCUT2D eigenvalue weighted by molar-refractivity contribution is 6.67. The van der Waals surface area contributed by atoms with E-state index >= 15 is 0 Å². The first kappa shape index (κ1) is 24.6. The Morgan fingerprint density at radius 3 is 2.32 bits per heavy atom. The fraction of sp³-hybridized carbons (Fsp3) is 0.320. The van der Waals surface area contributed by atoms with Crippen LogP contribution in [-0.2, 0) is 4.74 Å². The van der Waals surface area contributed by atoms with Gasteiger partial charge in [0.05, 0.1) is 21.3 Å². The number of ether oxygens (including phenoxy) is 4. The van der Waals surface area contributed by atoms with Gasteiger partial charge in [-0.25, -0.2) is 4.79 Å². The van der Waals surface area contributed by atoms with Crippen molar-refractivity contribution in [2.24, 2.45) is 0 Å². The molecule has 0 aliphatic carbocycles. The number of hydrogen-bond acceptors (Lipinski definition) is 5. The molecule has 9 heteroatoms. The summed E-state index contributed by atoms with van der Waals surface area (Å²) in [4.78, 5) is 14.2. The number of fused-ring (bicyclic) bond motifs is 3. The Balaban J connectivity index is 1.85. The summed E-state index contributed by atoms with van der Waals surface area (Å²) in [6, 6.07) is 11.9. The molecule has 1 heterocycles. The van der Waals surface area contributed by atoms with Crippen molar-refractivity contribution in [3.8, 4) is 17.2 Å². The highest BCUT2D eigenvalue weighted by atomic mass is 35.6. The van der Waals surface area contributed by atoms with Gasteiger partial charge in [-0.15, -0.1) is 0 Å². The van der Waals surface area contributed by atoms with Crippen LogP contribution in [0.25, 0.3) is 27.6 Å². The highest BCUT2D eigenvalue weighted by Gasteiger charge is 2.28. The van der Waals surface area contributed by atoms with E-state index in [0.717, 1.165) is 51.4 Å². The fourth-order valence-electron chi connectivity index (χ4n) is 4.18. The van der Waals surface area contributed by atoms with Crippen molar-refractivity contribution in [2.45, 2.75) is 16.6 Å². The first-order valence-electron chi connectivity index (χ1n) is 10.6. The largest absolute Gasteiger partial charge is 0.497 e. The summed E-state index contributed by atoms with van der Waals surface area (Å²) in [5, 5.41) is 3.97. The zero-order valence-corrected chi connectivity index (χ0v) is 21.3. The van der Waals surface area contributed by atoms with E-state index in [1.807, 2.05) is 36.4 Å². The van der Waals surface area contributed by atoms with Crippen LogP contribution in [-0.4, -0.2) is 49.3 Å². The minimum Gasteiger partial charge on any atom is -0.497 e. The maximum absolute atomic E-state index is 12.7. The molecule has 1 aliphatic rings. The average molecular weight is 525 g/mol. The lowest BCUT2D eigenvalue weighted by Gasteiger charge is -2.20. The van der Waals surface area contributed by atoms with E-state index < -0.39 is 9.89 Å². The van der Waals surface area contributed by atoms with Crippen LogP contribution in [0.4, 0.5) is 4.79 Å². The third-order valence-corrected chi connectivity index (χ3v) is 6.09. The van der Waals surface area contributed by atoms with Gasteiger partial charge in [-0.2, -0.15) is 0 Å². The van der Waals surface area contributed by atoms with Gasteiger partial charge in [0.15, 0.2) is 11.5 Å². The fourth-order valence-corrected chi connectivity index (χ4v) is 4.35. The molecule has 1 aliphatic heterocycles. The van der Waals surface area contributed by atoms with Gasteiger partial charge in [-0.1, -0.05) is 40.9 Å². The first-order chi connectivity index (χ1) is 16.2. The van der Waals surface area contributed by atoms with Crippen LogP contribution in [0.3, 0.4) is 0 Å². The predicted molar refractivity (Wildman–Crippen MR) is 137 cm³/mol. The number of alkyl halides is 3. The number of methoxy groups -OCH3 is 3. The number of likely N-dealkylation sites (tertiary alicyclic amines) is 1. The molecule has 0 spiro atoms. The maximum atomic E-state index is 12.7. The van der Waals surface area contributed by atoms with Gasteiger partial charge in [0.2, 0.25) is 3.79 Å². The summed E-state index contributed by atoms with van der Waals surface area (Å²) in [7, 11) is 4.85. The molecule has 0 N–H and O–H groups in total. The number of rotatable bonds is 5. The lowest BCUT2D eigenvalue weighted by Crippen LogP contribution is -2.30. The molecule has 3 aromatic rings. The number of halogens is 3. The van der Waals surface area contributed by atoms with Crippen LogP contribution in [0.2, 0.25) is 0 Å². The van der Waals surface area contributed by atoms with Crippen molar-refractivity contribution in [1.82, 2.24) is 4.90 Å². The summed E-state index contributed by atoms with van der Waals surface area (Å²) in [6.07, 6.45) is 3.00. The maximum Gasteiger partial charge on any atom is 0.414 e. The predicted octanol–water partition coefficient (Wildman–Crippen LogP) is 6.96. The van der Waals surface area contributed by atoms with Gasteiger partial charge in [0.25, 0.3) is 0 Å². The van der Waals surface area contributed by atoms with Crippen molar-refractivity contribution in [3.63, 3.8) is 0 Å². The quantitative estimate of drug-likeness (QED) is 0.267. The molecule has 0 radical (unpaired) electrons. The van der Waals surface area contributed by atoms with Gasteiger partial charge >= 0.3 is 6.09 Å². The normalized spacial score (nSPS) is 15.2. The van der Waals surface area contributed by atoms with Crippen molar-refractivity contribution in [3.05, 3.63) is 47.7 Å². The zero-order chi connectivity index (χ0) is 24.5. The number of carbonyl (C=O) groups is 1. The van der Waals surface area contributed by atoms with E-state index in [1.165, 1.54) is 0 Å². The lowest BCUT2D eigenvalue weighted by molar-refractivity contribution is 0.120. The monoisotopic (exact) mass is 523 g/mol. The van der Waals surface area contributed by atoms with E-state index in [4.69, 9.17) is 53.8 Å². The highest BCUT2D eigenvalue weighted by Crippen LogP contribution is 2.40. The van der Waals surface area contributed by atoms with Crippen molar-refractivity contribution < 1.29 is 23.7 Å². The Morgan fingerprint density at radius 1 is 0.971 bits per heavy atom. The van der Waals surface area contributed by atoms with E-state index in [9.17, 15) is 4.79 Å². The van der Waals surface area contributed by atoms with Gasteiger partial charge in [0, 0.05) is 12.2 Å². The Hall–Kier alpha value is -2.54. The third-order valence-electron chi connectivity index (χ3n) is 5.76. The Bertz CT molecular complexity index is 1270. The van der Waals surface area contributed by atoms with Crippen molar-refractivity contribution >= 4 is 68.5 Å². The molecule has 180 valence electrons. The van der Waals surface area contributed by atoms with E-state index in [-0.39, 0.29) is 6.61 Å². The smallest absolute Gasteiger partial charge is 0.414 e. The van der Waals surface area contributed by atoms with Gasteiger partial charge in [0.1, 0.15) is 12.4 Å². The molecule has 3 aromatic carbocycles. The number of carbonyl (C=O) groups excluding carboxylic acids is 1. The molecule has 4 rings (SSSR count). The zero-order valence-electron chi connectivity index (χ0n) is 19.0. The second-order valence-corrected chi connectivity index (χ2v) is 10.4. The third kappa shape index (κ3) is 5.09. The number of allylic oxidation sites excluding steroid dienone is 1. The van der Waals surface area contributed by atoms with Gasteiger partial charge in [-0.05, 0) is 76.4 Å². The Morgan fingerprint density at radius 2 is 1.68 bits per heavy atom. The molecule has 0 saturated carbocycles. The van der Waals surface area contributed by atoms with Crippen LogP contribution in [0.15, 0.2) is 42.1 Å². The van der Waals surface area contributed by atoms with Crippen molar-refractivity contribution in [2.75, 3.05) is 34.5 Å². The number of benzene rings is 3. The Kier molecular flexibility index (Phi) is 7.22. The average Bonchev–Trinajstić information content (AvgIpc) is 3.29. The van der Waals surface area contributed by atoms with E-state index in [0.29, 0.717) is 18.0 Å². The molecule has 0 aromatic heterocycles. The number of hydrogen-bond donors (Lipinski definition) is 0. The standard InChI is InChI=1S/C25H24Cl3NO5/c1-31-18-7-6-15-9-16(10-17-5-4-8-29(17)24(30)34-14-25(26,27)28)20-12-22(32-2)23(33-3)13-21(20)19(15)11-18/h6-7,9-13H,4-5,8,14H2,1-3H3/b17-10+. The van der Waals surface area contributed by atoms with Crippen molar-refractivity contribution in [1.29, 1.82) is 0 Å². The molecule has 0 bridgehead atoms. The van der Waals surface area contributed by atoms with Crippen LogP contribution >= 0.6 is 34.8 Å². The van der Waals surface area contributed by atoms with Crippen LogP contribution < -0.4 is 14.2 Å². The van der Waals surface area contributed by atoms with E-state index in [2.05, 4.69) is 6.07 Å². The molecule has 1 amide bonds.